The van der Waals surface area contributed by atoms with Crippen LogP contribution >= 0.6 is 0 Å². The van der Waals surface area contributed by atoms with Crippen LogP contribution in [0.15, 0.2) is 23.0 Å². The molecule has 4 atom stereocenters. The Balaban J connectivity index is 2.02. The number of rotatable bonds is 18. The summed E-state index contributed by atoms with van der Waals surface area (Å²) in [5.41, 5.74) is 7.23. The van der Waals surface area contributed by atoms with Gasteiger partial charge < -0.3 is 40.5 Å². The minimum Gasteiger partial charge on any atom is -0.493 e. The molecular formula is C29H48N4O7. The summed E-state index contributed by atoms with van der Waals surface area (Å²) >= 11 is 0. The molecule has 0 spiro atoms. The van der Waals surface area contributed by atoms with E-state index in [-0.39, 0.29) is 42.3 Å². The molecule has 0 aliphatic carbocycles. The molecule has 1 amide bonds. The lowest BCUT2D eigenvalue weighted by Crippen LogP contribution is -2.42. The fourth-order valence-corrected chi connectivity index (χ4v) is 4.71. The number of aromatic amines is 2. The van der Waals surface area contributed by atoms with Gasteiger partial charge in [0.2, 0.25) is 11.8 Å². The average Bonchev–Trinajstić information content (AvgIpc) is 3.23. The summed E-state index contributed by atoms with van der Waals surface area (Å²) in [6, 6.07) is 5.40. The molecule has 0 saturated carbocycles. The van der Waals surface area contributed by atoms with Crippen LogP contribution in [0.25, 0.3) is 0 Å². The average molecular weight is 565 g/mol. The molecule has 40 heavy (non-hydrogen) atoms. The number of aromatic hydroxyl groups is 1. The predicted octanol–water partition coefficient (Wildman–Crippen LogP) is 2.70. The molecular weight excluding hydrogens is 516 g/mol. The van der Waals surface area contributed by atoms with Gasteiger partial charge in [0, 0.05) is 32.1 Å². The molecule has 2 aromatic rings. The number of carbonyl (C=O) groups is 1. The highest BCUT2D eigenvalue weighted by Crippen LogP contribution is 2.31. The monoisotopic (exact) mass is 564 g/mol. The van der Waals surface area contributed by atoms with E-state index in [9.17, 15) is 19.8 Å². The summed E-state index contributed by atoms with van der Waals surface area (Å²) in [5.74, 6) is 0.727. The number of imidazole rings is 1. The van der Waals surface area contributed by atoms with E-state index in [2.05, 4.69) is 29.1 Å². The Labute approximate surface area is 236 Å². The molecule has 226 valence electrons. The Morgan fingerprint density at radius 3 is 2.35 bits per heavy atom. The lowest BCUT2D eigenvalue weighted by Gasteiger charge is -2.30. The van der Waals surface area contributed by atoms with E-state index in [0.717, 1.165) is 18.4 Å². The SMILES string of the molecule is COCCCOc1cc(C[C@@H](C[C@H](N)[C@@H](O)C[C@H](C(=O)NCc2[nH]c(=O)[nH]c2O)C(C)C)C(C)C)ccc1OC. The maximum Gasteiger partial charge on any atom is 0.326 e. The smallest absolute Gasteiger partial charge is 0.326 e. The van der Waals surface area contributed by atoms with Crippen molar-refractivity contribution in [2.75, 3.05) is 27.4 Å². The third-order valence-electron chi connectivity index (χ3n) is 7.35. The first-order chi connectivity index (χ1) is 19.0. The summed E-state index contributed by atoms with van der Waals surface area (Å²) < 4.78 is 16.5. The van der Waals surface area contributed by atoms with Gasteiger partial charge in [-0.25, -0.2) is 4.79 Å². The van der Waals surface area contributed by atoms with E-state index in [1.165, 1.54) is 0 Å². The second kappa shape index (κ2) is 16.3. The van der Waals surface area contributed by atoms with E-state index in [1.54, 1.807) is 14.2 Å². The van der Waals surface area contributed by atoms with Crippen molar-refractivity contribution in [1.29, 1.82) is 0 Å². The van der Waals surface area contributed by atoms with Gasteiger partial charge in [-0.05, 0) is 54.7 Å². The molecule has 1 heterocycles. The Morgan fingerprint density at radius 2 is 1.77 bits per heavy atom. The summed E-state index contributed by atoms with van der Waals surface area (Å²) in [6.45, 7) is 9.20. The first-order valence-electron chi connectivity index (χ1n) is 14.0. The Morgan fingerprint density at radius 1 is 1.05 bits per heavy atom. The summed E-state index contributed by atoms with van der Waals surface area (Å²) in [5, 5.41) is 23.5. The number of aliphatic hydroxyl groups excluding tert-OH is 1. The van der Waals surface area contributed by atoms with Crippen molar-refractivity contribution in [2.24, 2.45) is 29.4 Å². The summed E-state index contributed by atoms with van der Waals surface area (Å²) in [6.07, 6.45) is 1.43. The van der Waals surface area contributed by atoms with Crippen molar-refractivity contribution in [3.05, 3.63) is 39.9 Å². The number of benzene rings is 1. The number of amides is 1. The highest BCUT2D eigenvalue weighted by atomic mass is 16.5. The molecule has 0 radical (unpaired) electrons. The number of nitrogens with one attached hydrogen (secondary N) is 3. The standard InChI is InChI=1S/C29H48N4O7/c1-17(2)20(12-19-8-9-25(39-6)26(13-19)40-11-7-10-38-5)14-22(30)24(34)15-21(18(3)4)27(35)31-16-23-28(36)33-29(37)32-23/h8-9,13,17-18,20-22,24,34,36H,7,10-12,14-16,30H2,1-6H3,(H,31,35)(H2,32,33,37)/t20-,21-,22-,24-/m0/s1. The Kier molecular flexibility index (Phi) is 13.5. The van der Waals surface area contributed by atoms with Crippen LogP contribution in [-0.2, 0) is 22.5 Å². The van der Waals surface area contributed by atoms with Crippen molar-refractivity contribution in [3.63, 3.8) is 0 Å². The molecule has 0 aliphatic heterocycles. The number of H-pyrrole nitrogens is 2. The maximum atomic E-state index is 12.9. The van der Waals surface area contributed by atoms with Crippen LogP contribution in [-0.4, -0.2) is 65.7 Å². The van der Waals surface area contributed by atoms with Gasteiger partial charge >= 0.3 is 5.69 Å². The van der Waals surface area contributed by atoms with Crippen molar-refractivity contribution in [2.45, 2.75) is 72.1 Å². The summed E-state index contributed by atoms with van der Waals surface area (Å²) in [7, 11) is 3.28. The van der Waals surface area contributed by atoms with Crippen LogP contribution in [0.4, 0.5) is 0 Å². The third-order valence-corrected chi connectivity index (χ3v) is 7.35. The van der Waals surface area contributed by atoms with Crippen LogP contribution in [0.3, 0.4) is 0 Å². The predicted molar refractivity (Wildman–Crippen MR) is 153 cm³/mol. The molecule has 1 aromatic heterocycles. The quantitative estimate of drug-likeness (QED) is 0.150. The zero-order valence-corrected chi connectivity index (χ0v) is 24.7. The van der Waals surface area contributed by atoms with Crippen LogP contribution < -0.4 is 26.2 Å². The Hall–Kier alpha value is -3.02. The van der Waals surface area contributed by atoms with Crippen molar-refractivity contribution >= 4 is 5.91 Å². The first-order valence-corrected chi connectivity index (χ1v) is 14.0. The van der Waals surface area contributed by atoms with E-state index in [4.69, 9.17) is 19.9 Å². The highest BCUT2D eigenvalue weighted by molar-refractivity contribution is 5.78. The van der Waals surface area contributed by atoms with Crippen LogP contribution in [0.5, 0.6) is 17.4 Å². The lowest BCUT2D eigenvalue weighted by molar-refractivity contribution is -0.127. The number of hydrogen-bond acceptors (Lipinski definition) is 8. The fourth-order valence-electron chi connectivity index (χ4n) is 4.71. The largest absolute Gasteiger partial charge is 0.493 e. The van der Waals surface area contributed by atoms with E-state index < -0.39 is 23.8 Å². The molecule has 0 saturated heterocycles. The molecule has 0 fully saturated rings. The highest BCUT2D eigenvalue weighted by Gasteiger charge is 2.30. The minimum absolute atomic E-state index is 0.0376. The van der Waals surface area contributed by atoms with Gasteiger partial charge in [-0.1, -0.05) is 33.8 Å². The van der Waals surface area contributed by atoms with Crippen molar-refractivity contribution in [3.8, 4) is 17.4 Å². The van der Waals surface area contributed by atoms with Gasteiger partial charge in [0.15, 0.2) is 11.5 Å². The summed E-state index contributed by atoms with van der Waals surface area (Å²) in [4.78, 5) is 28.9. The van der Waals surface area contributed by atoms with Gasteiger partial charge in [-0.3, -0.25) is 9.78 Å². The van der Waals surface area contributed by atoms with Crippen molar-refractivity contribution in [1.82, 2.24) is 15.3 Å². The number of methoxy groups -OCH3 is 2. The molecule has 0 unspecified atom stereocenters. The van der Waals surface area contributed by atoms with Gasteiger partial charge in [-0.15, -0.1) is 0 Å². The van der Waals surface area contributed by atoms with Gasteiger partial charge in [0.05, 0.1) is 32.1 Å². The molecule has 11 heteroatoms. The van der Waals surface area contributed by atoms with Crippen LogP contribution in [0.1, 0.15) is 58.2 Å². The van der Waals surface area contributed by atoms with Gasteiger partial charge in [-0.2, -0.15) is 0 Å². The number of ether oxygens (including phenoxy) is 3. The van der Waals surface area contributed by atoms with Crippen LogP contribution in [0, 0.1) is 23.7 Å². The molecule has 1 aromatic carbocycles. The van der Waals surface area contributed by atoms with E-state index in [0.29, 0.717) is 37.1 Å². The zero-order valence-electron chi connectivity index (χ0n) is 24.7. The fraction of sp³-hybridized carbons (Fsp3) is 0.655. The van der Waals surface area contributed by atoms with Crippen LogP contribution in [0.2, 0.25) is 0 Å². The second-order valence-corrected chi connectivity index (χ2v) is 11.1. The van der Waals surface area contributed by atoms with E-state index in [1.807, 2.05) is 32.0 Å². The molecule has 0 bridgehead atoms. The minimum atomic E-state index is -0.879. The topological polar surface area (TPSA) is 172 Å². The number of carbonyl (C=O) groups excluding carboxylic acids is 1. The third kappa shape index (κ3) is 10.2. The number of nitrogens with two attached hydrogens (primary N) is 1. The van der Waals surface area contributed by atoms with Crippen molar-refractivity contribution < 1.29 is 29.2 Å². The van der Waals surface area contributed by atoms with Gasteiger partial charge in [0.1, 0.15) is 0 Å². The lowest BCUT2D eigenvalue weighted by atomic mass is 9.81. The maximum absolute atomic E-state index is 12.9. The molecule has 2 rings (SSSR count). The number of aromatic nitrogens is 2. The zero-order chi connectivity index (χ0) is 29.8. The molecule has 11 nitrogen and oxygen atoms in total. The van der Waals surface area contributed by atoms with Gasteiger partial charge in [0.25, 0.3) is 0 Å². The normalized spacial score (nSPS) is 14.7. The first kappa shape index (κ1) is 33.2. The molecule has 0 aliphatic rings. The molecule has 7 N–H and O–H groups in total. The second-order valence-electron chi connectivity index (χ2n) is 11.1. The number of hydrogen-bond donors (Lipinski definition) is 6. The Bertz CT molecular complexity index is 1100. The number of aliphatic hydroxyl groups is 1. The van der Waals surface area contributed by atoms with E-state index >= 15 is 0 Å².